The molecule has 2 aromatic rings. The average Bonchev–Trinajstić information content (AvgIpc) is 2.47. The molecule has 0 aliphatic heterocycles. The number of aryl methyl sites for hydroxylation is 1. The normalized spacial score (nSPS) is 12.0. The number of aliphatic hydroxyl groups is 1. The van der Waals surface area contributed by atoms with Crippen LogP contribution in [0.15, 0.2) is 42.5 Å². The molecular weight excluding hydrogens is 270 g/mol. The smallest absolute Gasteiger partial charge is 0.272 e. The summed E-state index contributed by atoms with van der Waals surface area (Å²) in [6, 6.07) is 11.9. The molecule has 0 aliphatic rings. The number of para-hydroxylation sites is 1. The van der Waals surface area contributed by atoms with Gasteiger partial charge in [0.05, 0.1) is 18.1 Å². The molecule has 0 fully saturated rings. The van der Waals surface area contributed by atoms with Gasteiger partial charge in [-0.1, -0.05) is 29.8 Å². The molecule has 0 aliphatic carbocycles. The number of nitro benzene ring substituents is 1. The summed E-state index contributed by atoms with van der Waals surface area (Å²) in [4.78, 5) is 10.6. The van der Waals surface area contributed by atoms with Gasteiger partial charge in [0.2, 0.25) is 0 Å². The summed E-state index contributed by atoms with van der Waals surface area (Å²) in [6.45, 7) is 1.92. The molecule has 0 radical (unpaired) electrons. The lowest BCUT2D eigenvalue weighted by Crippen LogP contribution is -2.06. The maximum absolute atomic E-state index is 11.0. The molecule has 1 N–H and O–H groups in total. The number of nitrogens with zero attached hydrogens (tertiary/aromatic N) is 1. The lowest BCUT2D eigenvalue weighted by atomic mass is 9.98. The van der Waals surface area contributed by atoms with Crippen LogP contribution < -0.4 is 4.74 Å². The molecule has 1 atom stereocenters. The van der Waals surface area contributed by atoms with Crippen molar-refractivity contribution in [2.45, 2.75) is 19.4 Å². The van der Waals surface area contributed by atoms with E-state index in [0.29, 0.717) is 16.9 Å². The SMILES string of the molecule is COc1ccc(C)cc1C(O)Cc1ccccc1[N+](=O)[O-]. The van der Waals surface area contributed by atoms with E-state index in [1.807, 2.05) is 19.1 Å². The van der Waals surface area contributed by atoms with Gasteiger partial charge in [-0.25, -0.2) is 0 Å². The Balaban J connectivity index is 2.32. The zero-order valence-electron chi connectivity index (χ0n) is 11.9. The molecule has 0 saturated heterocycles. The summed E-state index contributed by atoms with van der Waals surface area (Å²) >= 11 is 0. The van der Waals surface area contributed by atoms with Crippen LogP contribution in [0, 0.1) is 17.0 Å². The Hall–Kier alpha value is -2.40. The fourth-order valence-electron chi connectivity index (χ4n) is 2.29. The number of hydrogen-bond donors (Lipinski definition) is 1. The van der Waals surface area contributed by atoms with E-state index in [4.69, 9.17) is 4.74 Å². The van der Waals surface area contributed by atoms with Crippen molar-refractivity contribution in [3.63, 3.8) is 0 Å². The predicted molar refractivity (Wildman–Crippen MR) is 79.5 cm³/mol. The first-order chi connectivity index (χ1) is 10.0. The number of rotatable bonds is 5. The topological polar surface area (TPSA) is 72.6 Å². The molecule has 110 valence electrons. The Kier molecular flexibility index (Phi) is 4.55. The van der Waals surface area contributed by atoms with Crippen molar-refractivity contribution in [3.8, 4) is 5.75 Å². The lowest BCUT2D eigenvalue weighted by molar-refractivity contribution is -0.385. The van der Waals surface area contributed by atoms with Crippen LogP contribution in [0.5, 0.6) is 5.75 Å². The van der Waals surface area contributed by atoms with Crippen LogP contribution in [0.2, 0.25) is 0 Å². The van der Waals surface area contributed by atoms with Crippen LogP contribution in [0.4, 0.5) is 5.69 Å². The summed E-state index contributed by atoms with van der Waals surface area (Å²) in [7, 11) is 1.53. The second kappa shape index (κ2) is 6.37. The maximum atomic E-state index is 11.0. The van der Waals surface area contributed by atoms with E-state index in [1.165, 1.54) is 13.2 Å². The van der Waals surface area contributed by atoms with Gasteiger partial charge < -0.3 is 9.84 Å². The van der Waals surface area contributed by atoms with E-state index in [1.54, 1.807) is 24.3 Å². The van der Waals surface area contributed by atoms with Gasteiger partial charge in [-0.05, 0) is 19.1 Å². The van der Waals surface area contributed by atoms with Crippen LogP contribution in [0.1, 0.15) is 22.8 Å². The van der Waals surface area contributed by atoms with E-state index in [2.05, 4.69) is 0 Å². The van der Waals surface area contributed by atoms with Crippen LogP contribution in [-0.4, -0.2) is 17.1 Å². The first-order valence-electron chi connectivity index (χ1n) is 6.58. The van der Waals surface area contributed by atoms with Crippen LogP contribution >= 0.6 is 0 Å². The summed E-state index contributed by atoms with van der Waals surface area (Å²) in [5.41, 5.74) is 2.14. The van der Waals surface area contributed by atoms with Gasteiger partial charge >= 0.3 is 0 Å². The molecule has 2 rings (SSSR count). The highest BCUT2D eigenvalue weighted by molar-refractivity contribution is 5.43. The fraction of sp³-hybridized carbons (Fsp3) is 0.250. The third-order valence-corrected chi connectivity index (χ3v) is 3.35. The van der Waals surface area contributed by atoms with Crippen molar-refractivity contribution < 1.29 is 14.8 Å². The minimum absolute atomic E-state index is 0.0168. The van der Waals surface area contributed by atoms with Gasteiger partial charge in [0.1, 0.15) is 5.75 Å². The zero-order valence-corrected chi connectivity index (χ0v) is 11.9. The summed E-state index contributed by atoms with van der Waals surface area (Å²) in [6.07, 6.45) is -0.697. The lowest BCUT2D eigenvalue weighted by Gasteiger charge is -2.15. The Morgan fingerprint density at radius 2 is 2.00 bits per heavy atom. The van der Waals surface area contributed by atoms with Gasteiger partial charge in [-0.2, -0.15) is 0 Å². The molecule has 0 saturated carbocycles. The summed E-state index contributed by atoms with van der Waals surface area (Å²) in [5, 5.41) is 21.4. The van der Waals surface area contributed by atoms with Crippen molar-refractivity contribution in [1.29, 1.82) is 0 Å². The molecular formula is C16H17NO4. The zero-order chi connectivity index (χ0) is 15.4. The Morgan fingerprint density at radius 3 is 2.67 bits per heavy atom. The molecule has 1 unspecified atom stereocenters. The van der Waals surface area contributed by atoms with Gasteiger partial charge in [0.25, 0.3) is 5.69 Å². The molecule has 0 amide bonds. The average molecular weight is 287 g/mol. The maximum Gasteiger partial charge on any atom is 0.272 e. The molecule has 2 aromatic carbocycles. The monoisotopic (exact) mass is 287 g/mol. The molecule has 5 nitrogen and oxygen atoms in total. The van der Waals surface area contributed by atoms with E-state index in [9.17, 15) is 15.2 Å². The van der Waals surface area contributed by atoms with E-state index < -0.39 is 11.0 Å². The highest BCUT2D eigenvalue weighted by Crippen LogP contribution is 2.30. The first-order valence-corrected chi connectivity index (χ1v) is 6.58. The number of ether oxygens (including phenoxy) is 1. The third-order valence-electron chi connectivity index (χ3n) is 3.35. The summed E-state index contributed by atoms with van der Waals surface area (Å²) in [5.74, 6) is 0.576. The Morgan fingerprint density at radius 1 is 1.29 bits per heavy atom. The molecule has 0 spiro atoms. The minimum atomic E-state index is -0.860. The molecule has 5 heteroatoms. The van der Waals surface area contributed by atoms with Crippen LogP contribution in [-0.2, 0) is 6.42 Å². The van der Waals surface area contributed by atoms with Gasteiger partial charge in [-0.3, -0.25) is 10.1 Å². The first kappa shape index (κ1) is 15.0. The number of benzene rings is 2. The molecule has 0 bridgehead atoms. The number of methoxy groups -OCH3 is 1. The Labute approximate surface area is 123 Å². The van der Waals surface area contributed by atoms with Crippen molar-refractivity contribution in [3.05, 3.63) is 69.3 Å². The second-order valence-corrected chi connectivity index (χ2v) is 4.85. The van der Waals surface area contributed by atoms with E-state index in [-0.39, 0.29) is 12.1 Å². The van der Waals surface area contributed by atoms with Crippen LogP contribution in [0.25, 0.3) is 0 Å². The van der Waals surface area contributed by atoms with E-state index >= 15 is 0 Å². The van der Waals surface area contributed by atoms with Crippen molar-refractivity contribution in [2.75, 3.05) is 7.11 Å². The van der Waals surface area contributed by atoms with E-state index in [0.717, 1.165) is 5.56 Å². The fourth-order valence-corrected chi connectivity index (χ4v) is 2.29. The number of aliphatic hydroxyl groups excluding tert-OH is 1. The molecule has 21 heavy (non-hydrogen) atoms. The quantitative estimate of drug-likeness (QED) is 0.677. The minimum Gasteiger partial charge on any atom is -0.496 e. The largest absolute Gasteiger partial charge is 0.496 e. The van der Waals surface area contributed by atoms with Crippen molar-refractivity contribution >= 4 is 5.69 Å². The second-order valence-electron chi connectivity index (χ2n) is 4.85. The number of nitro groups is 1. The number of hydrogen-bond acceptors (Lipinski definition) is 4. The van der Waals surface area contributed by atoms with Gasteiger partial charge in [-0.15, -0.1) is 0 Å². The Bertz CT molecular complexity index is 654. The predicted octanol–water partition coefficient (Wildman–Crippen LogP) is 3.19. The highest BCUT2D eigenvalue weighted by atomic mass is 16.6. The summed E-state index contributed by atoms with van der Waals surface area (Å²) < 4.78 is 5.24. The van der Waals surface area contributed by atoms with Crippen molar-refractivity contribution in [2.24, 2.45) is 0 Å². The van der Waals surface area contributed by atoms with Gasteiger partial charge in [0.15, 0.2) is 0 Å². The standard InChI is InChI=1S/C16H17NO4/c1-11-7-8-16(21-2)13(9-11)15(18)10-12-5-3-4-6-14(12)17(19)20/h3-9,15,18H,10H2,1-2H3. The highest BCUT2D eigenvalue weighted by Gasteiger charge is 2.19. The van der Waals surface area contributed by atoms with Crippen molar-refractivity contribution in [1.82, 2.24) is 0 Å². The third kappa shape index (κ3) is 3.38. The molecule has 0 aromatic heterocycles. The van der Waals surface area contributed by atoms with Gasteiger partial charge in [0, 0.05) is 23.6 Å². The van der Waals surface area contributed by atoms with Crippen LogP contribution in [0.3, 0.4) is 0 Å². The molecule has 0 heterocycles.